The highest BCUT2D eigenvalue weighted by Crippen LogP contribution is 2.18. The third kappa shape index (κ3) is 47.6. The molecule has 4 atom stereocenters. The molecule has 6 heteroatoms. The lowest BCUT2D eigenvalue weighted by atomic mass is 10.00. The van der Waals surface area contributed by atoms with E-state index in [9.17, 15) is 25.2 Å². The van der Waals surface area contributed by atoms with Gasteiger partial charge in [0.1, 0.15) is 12.2 Å². The Balaban J connectivity index is 3.57. The van der Waals surface area contributed by atoms with Crippen LogP contribution in [0.1, 0.15) is 316 Å². The van der Waals surface area contributed by atoms with E-state index in [-0.39, 0.29) is 0 Å². The Labute approximate surface area is 405 Å². The predicted molar refractivity (Wildman–Crippen MR) is 284 cm³/mol. The van der Waals surface area contributed by atoms with Gasteiger partial charge in [0, 0.05) is 0 Å². The smallest absolute Gasteiger partial charge is 0.249 e. The lowest BCUT2D eigenvalue weighted by Gasteiger charge is -2.27. The summed E-state index contributed by atoms with van der Waals surface area (Å²) in [5.41, 5.74) is 0. The first-order valence-electron chi connectivity index (χ1n) is 29.2. The van der Waals surface area contributed by atoms with Crippen molar-refractivity contribution in [1.82, 2.24) is 5.32 Å². The van der Waals surface area contributed by atoms with Crippen molar-refractivity contribution in [2.45, 2.75) is 340 Å². The highest BCUT2D eigenvalue weighted by atomic mass is 16.3. The van der Waals surface area contributed by atoms with E-state index in [0.717, 1.165) is 38.5 Å². The number of hydrogen-bond acceptors (Lipinski definition) is 5. The summed E-state index contributed by atoms with van der Waals surface area (Å²) in [4.78, 5) is 12.6. The van der Waals surface area contributed by atoms with E-state index in [1.807, 2.05) is 0 Å². The molecule has 0 saturated heterocycles. The third-order valence-corrected chi connectivity index (χ3v) is 13.9. The molecule has 0 radical (unpaired) electrons. The summed E-state index contributed by atoms with van der Waals surface area (Å²) in [6.45, 7) is 4.07. The molecule has 386 valence electrons. The number of amides is 1. The van der Waals surface area contributed by atoms with Crippen LogP contribution >= 0.6 is 0 Å². The molecule has 6 nitrogen and oxygen atoms in total. The Kier molecular flexibility index (Phi) is 52.7. The molecule has 5 N–H and O–H groups in total. The standard InChI is InChI=1S/C59H115NO5/c1-3-5-7-9-11-13-15-17-19-21-22-23-24-25-26-27-28-29-30-31-32-33-34-35-37-39-41-43-45-47-49-51-53-57(63)59(65)60-55(54-61)58(64)56(62)52-50-48-46-44-42-40-38-36-20-18-16-14-12-10-8-6-4-2/h36,38,44,46,55-58,61-64H,3-35,37,39-43,45,47-54H2,1-2H3,(H,60,65)/b38-36+,46-44+. The largest absolute Gasteiger partial charge is 0.394 e. The Morgan fingerprint density at radius 2 is 0.646 bits per heavy atom. The number of carbonyl (C=O) groups excluding carboxylic acids is 1. The molecule has 0 bridgehead atoms. The average Bonchev–Trinajstić information content (AvgIpc) is 3.31. The first kappa shape index (κ1) is 63.8. The van der Waals surface area contributed by atoms with Crippen molar-refractivity contribution < 1.29 is 25.2 Å². The predicted octanol–water partition coefficient (Wildman–Crippen LogP) is 17.0. The summed E-state index contributed by atoms with van der Waals surface area (Å²) in [6.07, 6.45) is 65.5. The van der Waals surface area contributed by atoms with Gasteiger partial charge >= 0.3 is 0 Å². The summed E-state index contributed by atoms with van der Waals surface area (Å²) >= 11 is 0. The minimum atomic E-state index is -1.29. The van der Waals surface area contributed by atoms with Gasteiger partial charge in [-0.05, 0) is 51.4 Å². The van der Waals surface area contributed by atoms with Crippen molar-refractivity contribution in [2.24, 2.45) is 0 Å². The number of nitrogens with one attached hydrogen (secondary N) is 1. The molecule has 0 aromatic heterocycles. The number of aliphatic hydroxyl groups is 4. The van der Waals surface area contributed by atoms with Gasteiger partial charge in [0.25, 0.3) is 0 Å². The Hall–Kier alpha value is -1.21. The average molecular weight is 919 g/mol. The van der Waals surface area contributed by atoms with E-state index < -0.39 is 36.9 Å². The van der Waals surface area contributed by atoms with Crippen molar-refractivity contribution in [3.63, 3.8) is 0 Å². The molecule has 1 amide bonds. The lowest BCUT2D eigenvalue weighted by molar-refractivity contribution is -0.132. The minimum Gasteiger partial charge on any atom is -0.394 e. The second-order valence-corrected chi connectivity index (χ2v) is 20.3. The van der Waals surface area contributed by atoms with E-state index in [1.54, 1.807) is 0 Å². The highest BCUT2D eigenvalue weighted by molar-refractivity contribution is 5.80. The van der Waals surface area contributed by atoms with Crippen molar-refractivity contribution in [1.29, 1.82) is 0 Å². The molecule has 0 fully saturated rings. The van der Waals surface area contributed by atoms with Crippen molar-refractivity contribution in [2.75, 3.05) is 6.61 Å². The maximum absolute atomic E-state index is 12.6. The molecule has 0 rings (SSSR count). The zero-order chi connectivity index (χ0) is 47.4. The van der Waals surface area contributed by atoms with Crippen molar-refractivity contribution in [3.05, 3.63) is 24.3 Å². The molecule has 0 heterocycles. The highest BCUT2D eigenvalue weighted by Gasteiger charge is 2.28. The summed E-state index contributed by atoms with van der Waals surface area (Å²) in [7, 11) is 0. The quantitative estimate of drug-likeness (QED) is 0.0308. The van der Waals surface area contributed by atoms with Crippen LogP contribution in [0, 0.1) is 0 Å². The fourth-order valence-electron chi connectivity index (χ4n) is 9.31. The molecule has 0 aliphatic heterocycles. The van der Waals surface area contributed by atoms with Gasteiger partial charge in [0.2, 0.25) is 5.91 Å². The number of unbranched alkanes of at least 4 members (excludes halogenated alkanes) is 41. The van der Waals surface area contributed by atoms with Gasteiger partial charge in [-0.15, -0.1) is 0 Å². The fourth-order valence-corrected chi connectivity index (χ4v) is 9.31. The van der Waals surface area contributed by atoms with E-state index in [4.69, 9.17) is 0 Å². The number of hydrogen-bond donors (Lipinski definition) is 5. The van der Waals surface area contributed by atoms with E-state index in [2.05, 4.69) is 43.5 Å². The third-order valence-electron chi connectivity index (χ3n) is 13.9. The molecular weight excluding hydrogens is 803 g/mol. The zero-order valence-electron chi connectivity index (χ0n) is 43.8. The molecule has 0 aliphatic carbocycles. The van der Waals surface area contributed by atoms with Crippen LogP contribution in [-0.4, -0.2) is 57.3 Å². The second kappa shape index (κ2) is 53.7. The zero-order valence-corrected chi connectivity index (χ0v) is 43.8. The van der Waals surface area contributed by atoms with Gasteiger partial charge in [-0.1, -0.05) is 289 Å². The Bertz CT molecular complexity index is 986. The Morgan fingerprint density at radius 1 is 0.369 bits per heavy atom. The molecule has 0 aromatic carbocycles. The van der Waals surface area contributed by atoms with Crippen molar-refractivity contribution >= 4 is 5.91 Å². The summed E-state index contributed by atoms with van der Waals surface area (Å²) < 4.78 is 0. The van der Waals surface area contributed by atoms with Gasteiger partial charge in [0.15, 0.2) is 0 Å². The first-order valence-corrected chi connectivity index (χ1v) is 29.2. The fraction of sp³-hybridized carbons (Fsp3) is 0.915. The topological polar surface area (TPSA) is 110 Å². The monoisotopic (exact) mass is 918 g/mol. The van der Waals surface area contributed by atoms with Crippen LogP contribution in [-0.2, 0) is 4.79 Å². The number of rotatable bonds is 54. The SMILES string of the molecule is CCCCCCCCCC/C=C/CC/C=C/CCCC(O)C(O)C(CO)NC(=O)C(O)CCCCCCCCCCCCCCCCCCCCCCCCCCCCCCCCCC. The van der Waals surface area contributed by atoms with Gasteiger partial charge < -0.3 is 25.7 Å². The molecule has 0 aliphatic rings. The van der Waals surface area contributed by atoms with Gasteiger partial charge in [-0.3, -0.25) is 4.79 Å². The van der Waals surface area contributed by atoms with Crippen molar-refractivity contribution in [3.8, 4) is 0 Å². The van der Waals surface area contributed by atoms with Gasteiger partial charge in [-0.25, -0.2) is 0 Å². The minimum absolute atomic E-state index is 0.365. The molecule has 0 saturated carbocycles. The van der Waals surface area contributed by atoms with Gasteiger partial charge in [0.05, 0.1) is 18.8 Å². The van der Waals surface area contributed by atoms with Crippen LogP contribution in [0.15, 0.2) is 24.3 Å². The van der Waals surface area contributed by atoms with Gasteiger partial charge in [-0.2, -0.15) is 0 Å². The van der Waals surface area contributed by atoms with Crippen LogP contribution in [0.25, 0.3) is 0 Å². The van der Waals surface area contributed by atoms with E-state index in [0.29, 0.717) is 19.3 Å². The lowest BCUT2D eigenvalue weighted by Crippen LogP contribution is -2.53. The second-order valence-electron chi connectivity index (χ2n) is 20.3. The molecule has 0 spiro atoms. The molecule has 4 unspecified atom stereocenters. The normalized spacial score (nSPS) is 13.9. The van der Waals surface area contributed by atoms with E-state index in [1.165, 1.54) is 244 Å². The van der Waals surface area contributed by atoms with E-state index >= 15 is 0 Å². The van der Waals surface area contributed by atoms with Crippen LogP contribution in [0.5, 0.6) is 0 Å². The first-order chi connectivity index (χ1) is 32.0. The maximum atomic E-state index is 12.6. The summed E-state index contributed by atoms with van der Waals surface area (Å²) in [6, 6.07) is -1.01. The molecule has 65 heavy (non-hydrogen) atoms. The molecular formula is C59H115NO5. The summed E-state index contributed by atoms with van der Waals surface area (Å²) in [5.74, 6) is -0.592. The van der Waals surface area contributed by atoms with Crippen LogP contribution in [0.2, 0.25) is 0 Å². The summed E-state index contributed by atoms with van der Waals surface area (Å²) in [5, 5.41) is 43.9. The van der Waals surface area contributed by atoms with Crippen LogP contribution in [0.3, 0.4) is 0 Å². The maximum Gasteiger partial charge on any atom is 0.249 e. The molecule has 0 aromatic rings. The van der Waals surface area contributed by atoms with Crippen LogP contribution < -0.4 is 5.32 Å². The Morgan fingerprint density at radius 3 is 0.969 bits per heavy atom. The number of allylic oxidation sites excluding steroid dienone is 4. The number of carbonyl (C=O) groups is 1. The number of aliphatic hydroxyl groups excluding tert-OH is 4. The van der Waals surface area contributed by atoms with Crippen LogP contribution in [0.4, 0.5) is 0 Å².